The molecule has 1 aromatic rings. The lowest BCUT2D eigenvalue weighted by atomic mass is 9.43. The number of aliphatic hydroxyl groups is 5. The molecule has 0 bridgehead atoms. The van der Waals surface area contributed by atoms with Crippen LogP contribution in [-0.2, 0) is 0 Å². The largest absolute Gasteiger partial charge is 0.472 e. The monoisotopic (exact) mass is 368 g/mol. The van der Waals surface area contributed by atoms with Gasteiger partial charge in [0.2, 0.25) is 0 Å². The van der Waals surface area contributed by atoms with Crippen LogP contribution >= 0.6 is 0 Å². The smallest absolute Gasteiger partial charge is 0.0960 e. The van der Waals surface area contributed by atoms with Gasteiger partial charge in [0.1, 0.15) is 0 Å². The van der Waals surface area contributed by atoms with E-state index >= 15 is 0 Å². The van der Waals surface area contributed by atoms with Crippen molar-refractivity contribution >= 4 is 0 Å². The summed E-state index contributed by atoms with van der Waals surface area (Å²) >= 11 is 0. The molecule has 0 saturated heterocycles. The van der Waals surface area contributed by atoms with Crippen molar-refractivity contribution in [3.8, 4) is 0 Å². The minimum absolute atomic E-state index is 0.0221. The van der Waals surface area contributed by atoms with Gasteiger partial charge in [0, 0.05) is 29.6 Å². The normalized spacial score (nSPS) is 41.6. The highest BCUT2D eigenvalue weighted by atomic mass is 16.3. The Morgan fingerprint density at radius 1 is 1.23 bits per heavy atom. The van der Waals surface area contributed by atoms with E-state index in [1.54, 1.807) is 6.07 Å². The number of hydrogen-bond donors (Lipinski definition) is 5. The maximum atomic E-state index is 10.9. The van der Waals surface area contributed by atoms with Crippen molar-refractivity contribution in [1.82, 2.24) is 0 Å². The highest BCUT2D eigenvalue weighted by molar-refractivity contribution is 5.15. The zero-order valence-electron chi connectivity index (χ0n) is 15.4. The summed E-state index contributed by atoms with van der Waals surface area (Å²) in [6, 6.07) is 1.72. The highest BCUT2D eigenvalue weighted by Gasteiger charge is 2.63. The highest BCUT2D eigenvalue weighted by Crippen LogP contribution is 2.63. The lowest BCUT2D eigenvalue weighted by molar-refractivity contribution is -0.230. The Morgan fingerprint density at radius 3 is 2.58 bits per heavy atom. The van der Waals surface area contributed by atoms with Gasteiger partial charge in [0.05, 0.1) is 31.3 Å². The average Bonchev–Trinajstić information content (AvgIpc) is 3.19. The van der Waals surface area contributed by atoms with Crippen LogP contribution in [0, 0.1) is 28.6 Å². The number of furan rings is 1. The summed E-state index contributed by atoms with van der Waals surface area (Å²) < 4.78 is 5.08. The first-order valence-electron chi connectivity index (χ1n) is 9.67. The average molecular weight is 368 g/mol. The van der Waals surface area contributed by atoms with Gasteiger partial charge in [-0.1, -0.05) is 13.3 Å². The second kappa shape index (κ2) is 7.60. The van der Waals surface area contributed by atoms with Crippen LogP contribution in [-0.4, -0.2) is 51.5 Å². The first-order valence-corrected chi connectivity index (χ1v) is 9.67. The first-order chi connectivity index (χ1) is 12.5. The van der Waals surface area contributed by atoms with E-state index < -0.39 is 23.0 Å². The summed E-state index contributed by atoms with van der Waals surface area (Å²) in [5.41, 5.74) is -0.801. The minimum atomic E-state index is -0.835. The first kappa shape index (κ1) is 19.8. The Kier molecular flexibility index (Phi) is 5.80. The van der Waals surface area contributed by atoms with Gasteiger partial charge in [-0.2, -0.15) is 0 Å². The fourth-order valence-electron chi connectivity index (χ4n) is 6.07. The molecular formula is C20H32O6. The fourth-order valence-corrected chi connectivity index (χ4v) is 6.07. The van der Waals surface area contributed by atoms with Crippen LogP contribution in [0.25, 0.3) is 0 Å². The Balaban J connectivity index is 2.02. The van der Waals surface area contributed by atoms with Crippen LogP contribution in [0.4, 0.5) is 0 Å². The van der Waals surface area contributed by atoms with E-state index in [1.807, 2.05) is 6.92 Å². The van der Waals surface area contributed by atoms with Gasteiger partial charge in [-0.05, 0) is 49.5 Å². The summed E-state index contributed by atoms with van der Waals surface area (Å²) in [7, 11) is 0. The molecule has 5 N–H and O–H groups in total. The van der Waals surface area contributed by atoms with E-state index in [-0.39, 0.29) is 37.6 Å². The van der Waals surface area contributed by atoms with Crippen LogP contribution in [0.2, 0.25) is 0 Å². The zero-order chi connectivity index (χ0) is 18.9. The van der Waals surface area contributed by atoms with Crippen molar-refractivity contribution < 1.29 is 29.9 Å². The third kappa shape index (κ3) is 2.83. The Labute approximate surface area is 154 Å². The molecule has 2 aliphatic carbocycles. The molecule has 0 spiro atoms. The van der Waals surface area contributed by atoms with Gasteiger partial charge in [-0.25, -0.2) is 0 Å². The Morgan fingerprint density at radius 2 is 2.00 bits per heavy atom. The summed E-state index contributed by atoms with van der Waals surface area (Å²) in [6.45, 7) is 1.57. The molecule has 6 heteroatoms. The molecule has 7 atom stereocenters. The number of rotatable bonds is 6. The molecule has 7 unspecified atom stereocenters. The van der Waals surface area contributed by atoms with Gasteiger partial charge in [0.15, 0.2) is 0 Å². The molecule has 0 radical (unpaired) electrons. The molecular weight excluding hydrogens is 336 g/mol. The SMILES string of the molecule is CC1CC(O)C2(CO)C(CO)CCCC2C1(CO)CC(O)c1ccoc1. The summed E-state index contributed by atoms with van der Waals surface area (Å²) in [5.74, 6) is -0.395. The van der Waals surface area contributed by atoms with Crippen molar-refractivity contribution in [1.29, 1.82) is 0 Å². The van der Waals surface area contributed by atoms with E-state index in [0.717, 1.165) is 19.3 Å². The van der Waals surface area contributed by atoms with E-state index in [1.165, 1.54) is 12.5 Å². The van der Waals surface area contributed by atoms with Crippen molar-refractivity contribution in [3.05, 3.63) is 24.2 Å². The van der Waals surface area contributed by atoms with Crippen molar-refractivity contribution in [3.63, 3.8) is 0 Å². The number of hydrogen-bond acceptors (Lipinski definition) is 6. The molecule has 0 aromatic carbocycles. The zero-order valence-corrected chi connectivity index (χ0v) is 15.4. The van der Waals surface area contributed by atoms with Crippen LogP contribution in [0.5, 0.6) is 0 Å². The molecule has 2 aliphatic rings. The molecule has 1 aromatic heterocycles. The van der Waals surface area contributed by atoms with Gasteiger partial charge in [-0.3, -0.25) is 0 Å². The maximum Gasteiger partial charge on any atom is 0.0960 e. The maximum absolute atomic E-state index is 10.9. The van der Waals surface area contributed by atoms with Gasteiger partial charge >= 0.3 is 0 Å². The molecule has 2 fully saturated rings. The number of aliphatic hydroxyl groups excluding tert-OH is 5. The summed E-state index contributed by atoms with van der Waals surface area (Å²) in [4.78, 5) is 0. The number of fused-ring (bicyclic) bond motifs is 1. The second-order valence-corrected chi connectivity index (χ2v) is 8.45. The van der Waals surface area contributed by atoms with Crippen LogP contribution < -0.4 is 0 Å². The van der Waals surface area contributed by atoms with E-state index in [0.29, 0.717) is 18.4 Å². The fraction of sp³-hybridized carbons (Fsp3) is 0.800. The summed E-state index contributed by atoms with van der Waals surface area (Å²) in [6.07, 6.45) is 4.67. The topological polar surface area (TPSA) is 114 Å². The van der Waals surface area contributed by atoms with Gasteiger partial charge in [-0.15, -0.1) is 0 Å². The van der Waals surface area contributed by atoms with Crippen molar-refractivity contribution in [2.24, 2.45) is 28.6 Å². The van der Waals surface area contributed by atoms with E-state index in [9.17, 15) is 25.5 Å². The molecule has 6 nitrogen and oxygen atoms in total. The van der Waals surface area contributed by atoms with E-state index in [2.05, 4.69) is 0 Å². The quantitative estimate of drug-likeness (QED) is 0.519. The lowest BCUT2D eigenvalue weighted by Gasteiger charge is -2.63. The third-order valence-electron chi connectivity index (χ3n) is 7.62. The van der Waals surface area contributed by atoms with Crippen LogP contribution in [0.1, 0.15) is 50.7 Å². The van der Waals surface area contributed by atoms with Gasteiger partial charge in [0.25, 0.3) is 0 Å². The second-order valence-electron chi connectivity index (χ2n) is 8.45. The molecule has 0 aliphatic heterocycles. The molecule has 3 rings (SSSR count). The predicted octanol–water partition coefficient (Wildman–Crippen LogP) is 1.47. The minimum Gasteiger partial charge on any atom is -0.472 e. The molecule has 148 valence electrons. The van der Waals surface area contributed by atoms with Crippen molar-refractivity contribution in [2.75, 3.05) is 19.8 Å². The van der Waals surface area contributed by atoms with Gasteiger partial charge < -0.3 is 29.9 Å². The Hall–Kier alpha value is -0.920. The van der Waals surface area contributed by atoms with E-state index in [4.69, 9.17) is 4.42 Å². The molecule has 1 heterocycles. The standard InChI is InChI=1S/C20H32O6/c1-13-7-18(25)20(12-23)15(9-21)3-2-4-17(20)19(13,11-22)8-16(24)14-5-6-26-10-14/h5-6,10,13,15-18,21-25H,2-4,7-9,11-12H2,1H3. The summed E-state index contributed by atoms with van der Waals surface area (Å²) in [5, 5.41) is 52.5. The van der Waals surface area contributed by atoms with Crippen molar-refractivity contribution in [2.45, 2.75) is 51.2 Å². The predicted molar refractivity (Wildman–Crippen MR) is 95.0 cm³/mol. The molecule has 0 amide bonds. The van der Waals surface area contributed by atoms with Crippen LogP contribution in [0.3, 0.4) is 0 Å². The van der Waals surface area contributed by atoms with Crippen LogP contribution in [0.15, 0.2) is 23.0 Å². The Bertz CT molecular complexity index is 575. The molecule has 2 saturated carbocycles. The molecule has 26 heavy (non-hydrogen) atoms. The lowest BCUT2D eigenvalue weighted by Crippen LogP contribution is -2.65. The third-order valence-corrected chi connectivity index (χ3v) is 7.62.